The molecule has 1 aromatic carbocycles. The molecule has 0 bridgehead atoms. The van der Waals surface area contributed by atoms with Gasteiger partial charge in [0.2, 0.25) is 17.6 Å². The first-order chi connectivity index (χ1) is 23.0. The number of aryl methyl sites for hydroxylation is 2. The summed E-state index contributed by atoms with van der Waals surface area (Å²) in [4.78, 5) is 57.6. The van der Waals surface area contributed by atoms with Crippen LogP contribution in [0.2, 0.25) is 0 Å². The number of hydrogen-bond acceptors (Lipinski definition) is 8. The number of aromatic nitrogens is 3. The lowest BCUT2D eigenvalue weighted by atomic mass is 9.83. The fraction of sp³-hybridized carbons (Fsp3) is 0.529. The van der Waals surface area contributed by atoms with Gasteiger partial charge in [-0.2, -0.15) is 5.10 Å². The second kappa shape index (κ2) is 15.5. The third kappa shape index (κ3) is 8.09. The van der Waals surface area contributed by atoms with Crippen LogP contribution in [-0.4, -0.2) is 93.7 Å². The lowest BCUT2D eigenvalue weighted by molar-refractivity contribution is -0.135. The van der Waals surface area contributed by atoms with Crippen LogP contribution < -0.4 is 16.0 Å². The molecule has 3 heterocycles. The summed E-state index contributed by atoms with van der Waals surface area (Å²) in [5, 5.41) is 16.3. The van der Waals surface area contributed by atoms with Gasteiger partial charge in [-0.15, -0.1) is 0 Å². The van der Waals surface area contributed by atoms with E-state index in [4.69, 9.17) is 4.52 Å². The third-order valence-corrected chi connectivity index (χ3v) is 9.44. The van der Waals surface area contributed by atoms with Crippen LogP contribution in [0.1, 0.15) is 84.2 Å². The molecule has 4 amide bonds. The first-order valence-corrected chi connectivity index (χ1v) is 16.7. The van der Waals surface area contributed by atoms with E-state index in [9.17, 15) is 19.2 Å². The van der Waals surface area contributed by atoms with Gasteiger partial charge in [0.15, 0.2) is 0 Å². The maximum Gasteiger partial charge on any atom is 0.290 e. The molecule has 3 atom stereocenters. The zero-order valence-electron chi connectivity index (χ0n) is 28.0. The van der Waals surface area contributed by atoms with Crippen LogP contribution >= 0.6 is 0 Å². The molecule has 3 aromatic rings. The maximum absolute atomic E-state index is 15.7. The Labute approximate surface area is 279 Å². The summed E-state index contributed by atoms with van der Waals surface area (Å²) in [6, 6.07) is 5.55. The van der Waals surface area contributed by atoms with Crippen molar-refractivity contribution >= 4 is 29.3 Å². The molecule has 13 nitrogen and oxygen atoms in total. The highest BCUT2D eigenvalue weighted by Gasteiger charge is 2.35. The van der Waals surface area contributed by atoms with Crippen molar-refractivity contribution in [1.82, 2.24) is 35.4 Å². The zero-order chi connectivity index (χ0) is 34.4. The molecule has 1 aliphatic heterocycles. The third-order valence-electron chi connectivity index (χ3n) is 9.44. The van der Waals surface area contributed by atoms with E-state index >= 15 is 4.39 Å². The molecule has 2 aliphatic rings. The molecule has 3 N–H and O–H groups in total. The number of nitrogens with zero attached hydrogens (tertiary/aromatic N) is 5. The van der Waals surface area contributed by atoms with Gasteiger partial charge in [-0.25, -0.2) is 4.39 Å². The monoisotopic (exact) mass is 664 g/mol. The molecular weight excluding hydrogens is 619 g/mol. The molecule has 1 saturated heterocycles. The Balaban J connectivity index is 1.34. The van der Waals surface area contributed by atoms with Crippen molar-refractivity contribution in [1.29, 1.82) is 0 Å². The van der Waals surface area contributed by atoms with Crippen molar-refractivity contribution in [2.45, 2.75) is 77.4 Å². The minimum Gasteiger partial charge on any atom is -0.351 e. The molecule has 258 valence electrons. The van der Waals surface area contributed by atoms with Crippen LogP contribution in [0.15, 0.2) is 41.1 Å². The lowest BCUT2D eigenvalue weighted by Gasteiger charge is -2.36. The summed E-state index contributed by atoms with van der Waals surface area (Å²) < 4.78 is 22.4. The summed E-state index contributed by atoms with van der Waals surface area (Å²) in [6.07, 6.45) is 6.03. The van der Waals surface area contributed by atoms with E-state index in [1.165, 1.54) is 24.4 Å². The smallest absolute Gasteiger partial charge is 0.290 e. The summed E-state index contributed by atoms with van der Waals surface area (Å²) in [7, 11) is 1.98. The number of piperazine rings is 1. The van der Waals surface area contributed by atoms with Gasteiger partial charge < -0.3 is 30.3 Å². The Morgan fingerprint density at radius 2 is 1.73 bits per heavy atom. The Morgan fingerprint density at radius 3 is 2.38 bits per heavy atom. The quantitative estimate of drug-likeness (QED) is 0.282. The van der Waals surface area contributed by atoms with Gasteiger partial charge >= 0.3 is 0 Å². The highest BCUT2D eigenvalue weighted by molar-refractivity contribution is 6.01. The molecule has 48 heavy (non-hydrogen) atoms. The number of benzene rings is 1. The number of halogens is 1. The van der Waals surface area contributed by atoms with Crippen molar-refractivity contribution < 1.29 is 28.1 Å². The number of hydrogen-bond donors (Lipinski definition) is 3. The fourth-order valence-corrected chi connectivity index (χ4v) is 6.48. The van der Waals surface area contributed by atoms with Crippen LogP contribution in [0.5, 0.6) is 0 Å². The van der Waals surface area contributed by atoms with Crippen molar-refractivity contribution in [3.63, 3.8) is 0 Å². The maximum atomic E-state index is 15.7. The van der Waals surface area contributed by atoms with Gasteiger partial charge in [0.05, 0.1) is 11.4 Å². The van der Waals surface area contributed by atoms with Crippen LogP contribution in [0.4, 0.5) is 10.1 Å². The largest absolute Gasteiger partial charge is 0.351 e. The highest BCUT2D eigenvalue weighted by atomic mass is 19.1. The average Bonchev–Trinajstić information content (AvgIpc) is 3.76. The number of carbonyl (C=O) groups is 4. The van der Waals surface area contributed by atoms with Crippen molar-refractivity contribution in [2.24, 2.45) is 5.92 Å². The molecule has 1 aliphatic carbocycles. The lowest BCUT2D eigenvalue weighted by Crippen LogP contribution is -2.55. The highest BCUT2D eigenvalue weighted by Crippen LogP contribution is 2.29. The minimum atomic E-state index is -1.02. The number of amides is 4. The van der Waals surface area contributed by atoms with Crippen LogP contribution in [0.25, 0.3) is 0 Å². The molecule has 14 heteroatoms. The molecular formula is C34H45FN8O5. The molecule has 5 rings (SSSR count). The predicted octanol–water partition coefficient (Wildman–Crippen LogP) is 3.33. The number of anilines is 1. The predicted molar refractivity (Wildman–Crippen MR) is 176 cm³/mol. The first-order valence-electron chi connectivity index (χ1n) is 16.7. The van der Waals surface area contributed by atoms with Crippen molar-refractivity contribution in [2.75, 3.05) is 38.5 Å². The summed E-state index contributed by atoms with van der Waals surface area (Å²) >= 11 is 0. The SMILES string of the molecule is CCn1nccc1C(=O)N[C@H](C(=O)Nc1ccc([C@H](C)[C@@H](NC(=O)c2cc(C)no2)C(=O)N2CCN(C)CC2)cc1F)C1CCCCC1. The number of rotatable bonds is 11. The molecule has 0 unspecified atom stereocenters. The number of likely N-dealkylation sites (N-methyl/N-ethyl adjacent to an activating group) is 1. The summed E-state index contributed by atoms with van der Waals surface area (Å²) in [5.74, 6) is -3.26. The molecule has 0 spiro atoms. The Hall–Kier alpha value is -4.59. The second-order valence-electron chi connectivity index (χ2n) is 12.8. The van der Waals surface area contributed by atoms with Crippen molar-refractivity contribution in [3.05, 3.63) is 65.1 Å². The van der Waals surface area contributed by atoms with E-state index in [1.807, 2.05) is 14.0 Å². The van der Waals surface area contributed by atoms with E-state index in [-0.39, 0.29) is 23.3 Å². The van der Waals surface area contributed by atoms with E-state index in [1.54, 1.807) is 35.6 Å². The normalized spacial score (nSPS) is 17.7. The topological polar surface area (TPSA) is 155 Å². The van der Waals surface area contributed by atoms with Gasteiger partial charge in [0, 0.05) is 50.9 Å². The van der Waals surface area contributed by atoms with E-state index < -0.39 is 41.5 Å². The number of nitrogens with one attached hydrogen (secondary N) is 3. The molecule has 2 fully saturated rings. The van der Waals surface area contributed by atoms with Crippen LogP contribution in [-0.2, 0) is 16.1 Å². The Bertz CT molecular complexity index is 1610. The van der Waals surface area contributed by atoms with Gasteiger partial charge in [0.25, 0.3) is 11.8 Å². The van der Waals surface area contributed by atoms with Gasteiger partial charge in [-0.05, 0) is 63.4 Å². The number of carbonyl (C=O) groups excluding carboxylic acids is 4. The summed E-state index contributed by atoms with van der Waals surface area (Å²) in [6.45, 7) is 8.17. The Morgan fingerprint density at radius 1 is 1.00 bits per heavy atom. The molecule has 2 aromatic heterocycles. The van der Waals surface area contributed by atoms with Gasteiger partial charge in [0.1, 0.15) is 23.6 Å². The first kappa shape index (κ1) is 34.7. The summed E-state index contributed by atoms with van der Waals surface area (Å²) in [5.41, 5.74) is 1.28. The van der Waals surface area contributed by atoms with E-state index in [0.717, 1.165) is 32.1 Å². The standard InChI is InChI=1S/C34H45FN8O5/c1-5-43-27(13-14-36-43)31(44)39-30(23-9-7-6-8-10-23)33(46)37-26-12-11-24(20-25(26)35)22(3)29(34(47)42-17-15-41(4)16-18-42)38-32(45)28-19-21(2)40-48-28/h11-14,19-20,22-23,29-30H,5-10,15-18H2,1-4H3,(H,37,46)(H,38,45)(H,39,44)/t22-,29+,30-/m0/s1. The van der Waals surface area contributed by atoms with E-state index in [2.05, 4.69) is 31.1 Å². The van der Waals surface area contributed by atoms with Gasteiger partial charge in [-0.1, -0.05) is 37.4 Å². The average molecular weight is 665 g/mol. The Kier molecular flexibility index (Phi) is 11.2. The fourth-order valence-electron chi connectivity index (χ4n) is 6.48. The van der Waals surface area contributed by atoms with Crippen LogP contribution in [0.3, 0.4) is 0 Å². The van der Waals surface area contributed by atoms with Crippen molar-refractivity contribution in [3.8, 4) is 0 Å². The second-order valence-corrected chi connectivity index (χ2v) is 12.8. The molecule has 0 radical (unpaired) electrons. The van der Waals surface area contributed by atoms with E-state index in [0.29, 0.717) is 49.7 Å². The zero-order valence-corrected chi connectivity index (χ0v) is 28.0. The molecule has 1 saturated carbocycles. The minimum absolute atomic E-state index is 0.0288. The van der Waals surface area contributed by atoms with Gasteiger partial charge in [-0.3, -0.25) is 23.9 Å². The van der Waals surface area contributed by atoms with Crippen LogP contribution in [0, 0.1) is 18.7 Å².